The molecule has 0 saturated heterocycles. The summed E-state index contributed by atoms with van der Waals surface area (Å²) in [5.41, 5.74) is 8.09. The molecule has 116 valence electrons. The van der Waals surface area contributed by atoms with Gasteiger partial charge in [-0.3, -0.25) is 0 Å². The van der Waals surface area contributed by atoms with Gasteiger partial charge in [-0.15, -0.1) is 0 Å². The molecule has 0 aromatic heterocycles. The van der Waals surface area contributed by atoms with Crippen molar-refractivity contribution in [2.24, 2.45) is 10.2 Å². The van der Waals surface area contributed by atoms with Gasteiger partial charge in [0.25, 0.3) is 0 Å². The third-order valence-electron chi connectivity index (χ3n) is 4.34. The Labute approximate surface area is 142 Å². The Hall–Kier alpha value is -3.00. The lowest BCUT2D eigenvalue weighted by molar-refractivity contribution is 1.26. The topological polar surface area (TPSA) is 24.7 Å². The van der Waals surface area contributed by atoms with Crippen LogP contribution in [0.3, 0.4) is 0 Å². The molecule has 0 unspecified atom stereocenters. The Morgan fingerprint density at radius 2 is 1.00 bits per heavy atom. The molecule has 0 N–H and O–H groups in total. The number of hydrogen-bond donors (Lipinski definition) is 0. The smallest absolute Gasteiger partial charge is 0.0763 e. The van der Waals surface area contributed by atoms with Gasteiger partial charge in [0.15, 0.2) is 0 Å². The van der Waals surface area contributed by atoms with Crippen LogP contribution in [0.2, 0.25) is 0 Å². The van der Waals surface area contributed by atoms with Gasteiger partial charge in [-0.2, -0.15) is 10.2 Å². The maximum Gasteiger partial charge on any atom is 0.0763 e. The predicted molar refractivity (Wildman–Crippen MR) is 101 cm³/mol. The lowest BCUT2D eigenvalue weighted by Crippen LogP contribution is -2.05. The number of benzene rings is 3. The molecule has 1 heterocycles. The van der Waals surface area contributed by atoms with Gasteiger partial charge in [-0.1, -0.05) is 84.4 Å². The van der Waals surface area contributed by atoms with E-state index in [4.69, 9.17) is 0 Å². The SMILES string of the molecule is Cc1ccc(-c2ccc(C3=NN=C(c4ccccc4)C3)cc2)cc1. The molecule has 0 bridgehead atoms. The Balaban J connectivity index is 1.51. The number of nitrogens with zero attached hydrogens (tertiary/aromatic N) is 2. The van der Waals surface area contributed by atoms with Gasteiger partial charge in [0, 0.05) is 6.42 Å². The molecular formula is C22H18N2. The Kier molecular flexibility index (Phi) is 3.80. The summed E-state index contributed by atoms with van der Waals surface area (Å²) in [4.78, 5) is 0. The third-order valence-corrected chi connectivity index (χ3v) is 4.34. The Bertz CT molecular complexity index is 902. The monoisotopic (exact) mass is 310 g/mol. The lowest BCUT2D eigenvalue weighted by atomic mass is 9.98. The first kappa shape index (κ1) is 14.6. The molecule has 24 heavy (non-hydrogen) atoms. The van der Waals surface area contributed by atoms with Gasteiger partial charge in [0.1, 0.15) is 0 Å². The molecule has 0 aliphatic carbocycles. The zero-order chi connectivity index (χ0) is 16.4. The van der Waals surface area contributed by atoms with Crippen molar-refractivity contribution in [3.8, 4) is 11.1 Å². The first-order chi connectivity index (χ1) is 11.8. The highest BCUT2D eigenvalue weighted by Gasteiger charge is 2.15. The quantitative estimate of drug-likeness (QED) is 0.630. The first-order valence-corrected chi connectivity index (χ1v) is 8.16. The van der Waals surface area contributed by atoms with Gasteiger partial charge in [0.05, 0.1) is 11.4 Å². The highest BCUT2D eigenvalue weighted by atomic mass is 15.2. The highest BCUT2D eigenvalue weighted by molar-refractivity contribution is 6.20. The second kappa shape index (κ2) is 6.25. The molecule has 3 aromatic carbocycles. The van der Waals surface area contributed by atoms with E-state index in [-0.39, 0.29) is 0 Å². The molecule has 2 heteroatoms. The fourth-order valence-electron chi connectivity index (χ4n) is 2.90. The van der Waals surface area contributed by atoms with Crippen LogP contribution in [0.1, 0.15) is 23.1 Å². The van der Waals surface area contributed by atoms with Gasteiger partial charge < -0.3 is 0 Å². The van der Waals surface area contributed by atoms with Crippen LogP contribution in [-0.4, -0.2) is 11.4 Å². The standard InChI is InChI=1S/C22H18N2/c1-16-7-9-17(10-8-16)18-11-13-20(14-12-18)22-15-21(23-24-22)19-5-3-2-4-6-19/h2-14H,15H2,1H3. The zero-order valence-corrected chi connectivity index (χ0v) is 13.6. The van der Waals surface area contributed by atoms with Gasteiger partial charge >= 0.3 is 0 Å². The molecule has 0 atom stereocenters. The maximum atomic E-state index is 4.38. The number of aryl methyl sites for hydroxylation is 1. The normalized spacial score (nSPS) is 13.5. The van der Waals surface area contributed by atoms with E-state index in [0.717, 1.165) is 29.0 Å². The lowest BCUT2D eigenvalue weighted by Gasteiger charge is -2.05. The van der Waals surface area contributed by atoms with Crippen molar-refractivity contribution in [2.75, 3.05) is 0 Å². The minimum atomic E-state index is 0.786. The summed E-state index contributed by atoms with van der Waals surface area (Å²) in [6.07, 6.45) is 0.786. The van der Waals surface area contributed by atoms with Gasteiger partial charge in [-0.05, 0) is 29.2 Å². The molecule has 3 aromatic rings. The second-order valence-electron chi connectivity index (χ2n) is 6.08. The fraction of sp³-hybridized carbons (Fsp3) is 0.0909. The van der Waals surface area contributed by atoms with Crippen molar-refractivity contribution >= 4 is 11.4 Å². The van der Waals surface area contributed by atoms with Crippen molar-refractivity contribution in [1.82, 2.24) is 0 Å². The molecule has 0 spiro atoms. The van der Waals surface area contributed by atoms with E-state index in [2.05, 4.69) is 77.8 Å². The predicted octanol–water partition coefficient (Wildman–Crippen LogP) is 5.26. The number of hydrogen-bond acceptors (Lipinski definition) is 2. The minimum Gasteiger partial charge on any atom is -0.154 e. The largest absolute Gasteiger partial charge is 0.154 e. The molecule has 0 fully saturated rings. The van der Waals surface area contributed by atoms with Crippen molar-refractivity contribution in [2.45, 2.75) is 13.3 Å². The van der Waals surface area contributed by atoms with Crippen molar-refractivity contribution in [3.63, 3.8) is 0 Å². The number of rotatable bonds is 3. The minimum absolute atomic E-state index is 0.786. The van der Waals surface area contributed by atoms with E-state index in [0.29, 0.717) is 0 Å². The summed E-state index contributed by atoms with van der Waals surface area (Å²) < 4.78 is 0. The fourth-order valence-corrected chi connectivity index (χ4v) is 2.90. The molecule has 1 aliphatic rings. The molecule has 2 nitrogen and oxygen atoms in total. The van der Waals surface area contributed by atoms with Crippen LogP contribution in [0.15, 0.2) is 89.1 Å². The summed E-state index contributed by atoms with van der Waals surface area (Å²) >= 11 is 0. The molecule has 1 aliphatic heterocycles. The van der Waals surface area contributed by atoms with E-state index in [1.165, 1.54) is 16.7 Å². The van der Waals surface area contributed by atoms with E-state index in [9.17, 15) is 0 Å². The zero-order valence-electron chi connectivity index (χ0n) is 13.6. The second-order valence-corrected chi connectivity index (χ2v) is 6.08. The average Bonchev–Trinajstić information content (AvgIpc) is 3.13. The summed E-state index contributed by atoms with van der Waals surface area (Å²) in [7, 11) is 0. The van der Waals surface area contributed by atoms with Crippen LogP contribution in [-0.2, 0) is 0 Å². The van der Waals surface area contributed by atoms with Crippen LogP contribution in [0, 0.1) is 6.92 Å². The van der Waals surface area contributed by atoms with Gasteiger partial charge in [-0.25, -0.2) is 0 Å². The van der Waals surface area contributed by atoms with E-state index >= 15 is 0 Å². The molecule has 0 saturated carbocycles. The molecular weight excluding hydrogens is 292 g/mol. The summed E-state index contributed by atoms with van der Waals surface area (Å²) in [6, 6.07) is 27.4. The van der Waals surface area contributed by atoms with Crippen molar-refractivity contribution in [1.29, 1.82) is 0 Å². The van der Waals surface area contributed by atoms with E-state index < -0.39 is 0 Å². The highest BCUT2D eigenvalue weighted by Crippen LogP contribution is 2.22. The summed E-state index contributed by atoms with van der Waals surface area (Å²) in [5.74, 6) is 0. The summed E-state index contributed by atoms with van der Waals surface area (Å²) in [5, 5.41) is 8.74. The molecule has 4 rings (SSSR count). The third kappa shape index (κ3) is 2.91. The van der Waals surface area contributed by atoms with Gasteiger partial charge in [0.2, 0.25) is 0 Å². The van der Waals surface area contributed by atoms with Crippen LogP contribution >= 0.6 is 0 Å². The van der Waals surface area contributed by atoms with E-state index in [1.54, 1.807) is 0 Å². The average molecular weight is 310 g/mol. The van der Waals surface area contributed by atoms with E-state index in [1.807, 2.05) is 18.2 Å². The van der Waals surface area contributed by atoms with Crippen LogP contribution in [0.5, 0.6) is 0 Å². The van der Waals surface area contributed by atoms with Crippen molar-refractivity contribution in [3.05, 3.63) is 95.6 Å². The Morgan fingerprint density at radius 3 is 1.58 bits per heavy atom. The molecule has 0 radical (unpaired) electrons. The first-order valence-electron chi connectivity index (χ1n) is 8.16. The van der Waals surface area contributed by atoms with Crippen LogP contribution in [0.4, 0.5) is 0 Å². The molecule has 0 amide bonds. The van der Waals surface area contributed by atoms with Crippen molar-refractivity contribution < 1.29 is 0 Å². The summed E-state index contributed by atoms with van der Waals surface area (Å²) in [6.45, 7) is 2.11. The maximum absolute atomic E-state index is 4.38. The Morgan fingerprint density at radius 1 is 0.542 bits per heavy atom. The van der Waals surface area contributed by atoms with Crippen LogP contribution < -0.4 is 0 Å². The van der Waals surface area contributed by atoms with Crippen LogP contribution in [0.25, 0.3) is 11.1 Å².